The molecular weight excluding hydrogens is 298 g/mol. The summed E-state index contributed by atoms with van der Waals surface area (Å²) in [6.45, 7) is 4.11. The van der Waals surface area contributed by atoms with E-state index in [2.05, 4.69) is 51.2 Å². The number of H-pyrrole nitrogens is 1. The zero-order valence-corrected chi connectivity index (χ0v) is 13.8. The van der Waals surface area contributed by atoms with E-state index in [1.54, 1.807) is 0 Å². The molecule has 4 aromatic rings. The number of fused-ring (bicyclic) bond motifs is 1. The van der Waals surface area contributed by atoms with Gasteiger partial charge < -0.3 is 4.98 Å². The smallest absolute Gasteiger partial charge is 0.158 e. The van der Waals surface area contributed by atoms with Gasteiger partial charge in [-0.3, -0.25) is 0 Å². The Balaban J connectivity index is 1.52. The Morgan fingerprint density at radius 3 is 2.62 bits per heavy atom. The number of pyridine rings is 1. The second kappa shape index (κ2) is 5.92. The van der Waals surface area contributed by atoms with Crippen molar-refractivity contribution >= 4 is 5.65 Å². The van der Waals surface area contributed by atoms with E-state index in [0.29, 0.717) is 0 Å². The quantitative estimate of drug-likeness (QED) is 0.626. The van der Waals surface area contributed by atoms with E-state index in [-0.39, 0.29) is 0 Å². The monoisotopic (exact) mass is 317 g/mol. The van der Waals surface area contributed by atoms with Gasteiger partial charge >= 0.3 is 0 Å². The lowest BCUT2D eigenvalue weighted by atomic mass is 10.2. The topological polar surface area (TPSA) is 58.9 Å². The Morgan fingerprint density at radius 1 is 1.00 bits per heavy atom. The highest BCUT2D eigenvalue weighted by Gasteiger charge is 2.09. The van der Waals surface area contributed by atoms with Crippen LogP contribution in [0.2, 0.25) is 0 Å². The van der Waals surface area contributed by atoms with Crippen LogP contribution in [0.1, 0.15) is 22.9 Å². The molecule has 5 heteroatoms. The van der Waals surface area contributed by atoms with E-state index in [1.165, 1.54) is 0 Å². The van der Waals surface area contributed by atoms with Gasteiger partial charge in [0.05, 0.1) is 11.9 Å². The second-order valence-electron chi connectivity index (χ2n) is 6.03. The van der Waals surface area contributed by atoms with Gasteiger partial charge in [-0.25, -0.2) is 14.5 Å². The van der Waals surface area contributed by atoms with Crippen molar-refractivity contribution in [2.24, 2.45) is 0 Å². The van der Waals surface area contributed by atoms with Gasteiger partial charge in [-0.2, -0.15) is 5.10 Å². The fourth-order valence-corrected chi connectivity index (χ4v) is 2.84. The molecule has 0 aliphatic rings. The molecule has 0 fully saturated rings. The molecule has 0 aliphatic heterocycles. The lowest BCUT2D eigenvalue weighted by Crippen LogP contribution is -1.97. The van der Waals surface area contributed by atoms with Crippen LogP contribution in [-0.2, 0) is 12.8 Å². The van der Waals surface area contributed by atoms with Crippen molar-refractivity contribution in [1.29, 1.82) is 0 Å². The summed E-state index contributed by atoms with van der Waals surface area (Å²) in [5.41, 5.74) is 5.37. The molecule has 0 aliphatic carbocycles. The van der Waals surface area contributed by atoms with Gasteiger partial charge in [0, 0.05) is 18.5 Å². The maximum atomic E-state index is 4.66. The van der Waals surface area contributed by atoms with Crippen LogP contribution in [0.3, 0.4) is 0 Å². The highest BCUT2D eigenvalue weighted by molar-refractivity contribution is 5.58. The predicted molar refractivity (Wildman–Crippen MR) is 93.9 cm³/mol. The van der Waals surface area contributed by atoms with Gasteiger partial charge in [0.15, 0.2) is 11.5 Å². The van der Waals surface area contributed by atoms with Crippen molar-refractivity contribution in [1.82, 2.24) is 24.6 Å². The molecule has 3 heterocycles. The average molecular weight is 317 g/mol. The lowest BCUT2D eigenvalue weighted by molar-refractivity contribution is 0.799. The molecule has 0 amide bonds. The summed E-state index contributed by atoms with van der Waals surface area (Å²) in [5, 5.41) is 4.62. The van der Waals surface area contributed by atoms with Crippen LogP contribution in [0.5, 0.6) is 0 Å². The molecule has 3 aromatic heterocycles. The molecule has 0 atom stereocenters. The summed E-state index contributed by atoms with van der Waals surface area (Å²) < 4.78 is 1.92. The Hall–Kier alpha value is -2.95. The Kier molecular flexibility index (Phi) is 3.61. The number of hydrogen-bond donors (Lipinski definition) is 1. The third-order valence-electron chi connectivity index (χ3n) is 4.21. The minimum absolute atomic E-state index is 0.766. The molecule has 1 aromatic carbocycles. The highest BCUT2D eigenvalue weighted by atomic mass is 15.3. The molecular formula is C19H19N5. The number of aromatic nitrogens is 5. The number of hydrogen-bond acceptors (Lipinski definition) is 3. The number of nitrogens with one attached hydrogen (secondary N) is 1. The molecule has 120 valence electrons. The fourth-order valence-electron chi connectivity index (χ4n) is 2.84. The first-order valence-electron chi connectivity index (χ1n) is 8.12. The van der Waals surface area contributed by atoms with Crippen molar-refractivity contribution in [3.63, 3.8) is 0 Å². The van der Waals surface area contributed by atoms with Crippen molar-refractivity contribution in [2.45, 2.75) is 26.7 Å². The average Bonchev–Trinajstić information content (AvgIpc) is 3.25. The Bertz CT molecular complexity index is 943. The third kappa shape index (κ3) is 2.69. The molecule has 0 spiro atoms. The van der Waals surface area contributed by atoms with Crippen LogP contribution >= 0.6 is 0 Å². The zero-order chi connectivity index (χ0) is 16.5. The summed E-state index contributed by atoms with van der Waals surface area (Å²) in [4.78, 5) is 12.5. The summed E-state index contributed by atoms with van der Waals surface area (Å²) in [5.74, 6) is 1.81. The maximum absolute atomic E-state index is 4.66. The number of benzene rings is 1. The minimum Gasteiger partial charge on any atom is -0.342 e. The van der Waals surface area contributed by atoms with E-state index < -0.39 is 0 Å². The lowest BCUT2D eigenvalue weighted by Gasteiger charge is -1.98. The second-order valence-corrected chi connectivity index (χ2v) is 6.03. The van der Waals surface area contributed by atoms with Crippen LogP contribution in [0.25, 0.3) is 16.9 Å². The molecule has 0 radical (unpaired) electrons. The summed E-state index contributed by atoms with van der Waals surface area (Å²) in [7, 11) is 0. The van der Waals surface area contributed by atoms with E-state index in [4.69, 9.17) is 0 Å². The molecule has 1 N–H and O–H groups in total. The summed E-state index contributed by atoms with van der Waals surface area (Å²) in [6, 6.07) is 14.4. The van der Waals surface area contributed by atoms with Crippen LogP contribution in [0, 0.1) is 13.8 Å². The van der Waals surface area contributed by atoms with E-state index in [1.807, 2.05) is 35.8 Å². The predicted octanol–water partition coefficient (Wildman–Crippen LogP) is 3.52. The summed E-state index contributed by atoms with van der Waals surface area (Å²) in [6.07, 6.45) is 3.44. The van der Waals surface area contributed by atoms with Gasteiger partial charge in [0.2, 0.25) is 0 Å². The first-order chi connectivity index (χ1) is 11.7. The van der Waals surface area contributed by atoms with E-state index >= 15 is 0 Å². The van der Waals surface area contributed by atoms with Gasteiger partial charge in [-0.15, -0.1) is 0 Å². The fraction of sp³-hybridized carbons (Fsp3) is 0.211. The molecule has 0 bridgehead atoms. The zero-order valence-electron chi connectivity index (χ0n) is 13.8. The Morgan fingerprint density at radius 2 is 1.83 bits per heavy atom. The van der Waals surface area contributed by atoms with Crippen molar-refractivity contribution < 1.29 is 0 Å². The van der Waals surface area contributed by atoms with Crippen molar-refractivity contribution in [3.8, 4) is 11.3 Å². The third-order valence-corrected chi connectivity index (χ3v) is 4.21. The van der Waals surface area contributed by atoms with E-state index in [0.717, 1.165) is 52.7 Å². The summed E-state index contributed by atoms with van der Waals surface area (Å²) >= 11 is 0. The molecule has 0 saturated heterocycles. The standard InChI is InChI=1S/C19H19N5/c1-13-8-9-14(2)24-19(13)22-18(23-24)11-10-17-20-12-16(21-17)15-6-4-3-5-7-15/h3-9,12H,10-11H2,1-2H3,(H,20,21). The molecule has 5 nitrogen and oxygen atoms in total. The SMILES string of the molecule is Cc1ccc(C)n2nc(CCc3ncc(-c4ccccc4)[nH]3)nc12. The van der Waals surface area contributed by atoms with Gasteiger partial charge in [-0.05, 0) is 31.0 Å². The Labute approximate surface area is 140 Å². The molecule has 0 unspecified atom stereocenters. The van der Waals surface area contributed by atoms with Gasteiger partial charge in [-0.1, -0.05) is 36.4 Å². The minimum atomic E-state index is 0.766. The number of rotatable bonds is 4. The first kappa shape index (κ1) is 14.6. The first-order valence-corrected chi connectivity index (χ1v) is 8.12. The van der Waals surface area contributed by atoms with Gasteiger partial charge in [0.1, 0.15) is 5.82 Å². The van der Waals surface area contributed by atoms with Crippen LogP contribution in [0.15, 0.2) is 48.7 Å². The molecule has 24 heavy (non-hydrogen) atoms. The van der Waals surface area contributed by atoms with Gasteiger partial charge in [0.25, 0.3) is 0 Å². The molecule has 4 rings (SSSR count). The van der Waals surface area contributed by atoms with Crippen LogP contribution in [-0.4, -0.2) is 24.6 Å². The number of nitrogens with zero attached hydrogens (tertiary/aromatic N) is 4. The van der Waals surface area contributed by atoms with Crippen molar-refractivity contribution in [3.05, 3.63) is 71.6 Å². The number of aromatic amines is 1. The van der Waals surface area contributed by atoms with Crippen LogP contribution < -0.4 is 0 Å². The van der Waals surface area contributed by atoms with Crippen molar-refractivity contribution in [2.75, 3.05) is 0 Å². The normalized spacial score (nSPS) is 11.2. The molecule has 0 saturated carbocycles. The highest BCUT2D eigenvalue weighted by Crippen LogP contribution is 2.17. The number of imidazole rings is 1. The van der Waals surface area contributed by atoms with Crippen LogP contribution in [0.4, 0.5) is 0 Å². The largest absolute Gasteiger partial charge is 0.342 e. The number of aryl methyl sites for hydroxylation is 4. The van der Waals surface area contributed by atoms with E-state index in [9.17, 15) is 0 Å². The maximum Gasteiger partial charge on any atom is 0.158 e.